The maximum atomic E-state index is 5.53. The van der Waals surface area contributed by atoms with Crippen molar-refractivity contribution in [1.82, 2.24) is 10.1 Å². The highest BCUT2D eigenvalue weighted by Crippen LogP contribution is 2.33. The first-order valence-corrected chi connectivity index (χ1v) is 6.86. The highest BCUT2D eigenvalue weighted by Gasteiger charge is 2.24. The highest BCUT2D eigenvalue weighted by molar-refractivity contribution is 9.10. The number of benzene rings is 1. The van der Waals surface area contributed by atoms with Crippen LogP contribution in [0.4, 0.5) is 0 Å². The summed E-state index contributed by atoms with van der Waals surface area (Å²) in [4.78, 5) is 4.41. The number of hydrogen-bond acceptors (Lipinski definition) is 5. The Labute approximate surface area is 119 Å². The number of nitrogens with zero attached hydrogens (tertiary/aromatic N) is 2. The monoisotopic (exact) mass is 324 g/mol. The Morgan fingerprint density at radius 3 is 3.05 bits per heavy atom. The fourth-order valence-electron chi connectivity index (χ4n) is 2.10. The zero-order chi connectivity index (χ0) is 13.2. The molecule has 0 aliphatic carbocycles. The van der Waals surface area contributed by atoms with Gasteiger partial charge in [-0.2, -0.15) is 4.98 Å². The standard InChI is InChI=1S/C13H13BrN2O3/c1-17-10-5-4-8(14)7-9(10)12-15-13(19-16-12)11-3-2-6-18-11/h4-5,7,11H,2-3,6H2,1H3/t11-/m0/s1. The second kappa shape index (κ2) is 5.30. The molecular formula is C13H13BrN2O3. The van der Waals surface area contributed by atoms with E-state index in [0.717, 1.165) is 29.5 Å². The molecule has 1 aromatic heterocycles. The van der Waals surface area contributed by atoms with Crippen LogP contribution >= 0.6 is 15.9 Å². The first kappa shape index (κ1) is 12.6. The van der Waals surface area contributed by atoms with Gasteiger partial charge in [-0.3, -0.25) is 0 Å². The Kier molecular flexibility index (Phi) is 3.52. The second-order valence-corrected chi connectivity index (χ2v) is 5.22. The van der Waals surface area contributed by atoms with E-state index < -0.39 is 0 Å². The molecule has 1 aliphatic rings. The average Bonchev–Trinajstić information content (AvgIpc) is 3.09. The van der Waals surface area contributed by atoms with E-state index in [4.69, 9.17) is 14.0 Å². The normalized spacial score (nSPS) is 18.7. The highest BCUT2D eigenvalue weighted by atomic mass is 79.9. The van der Waals surface area contributed by atoms with Crippen LogP contribution in [0.25, 0.3) is 11.4 Å². The first-order chi connectivity index (χ1) is 9.28. The van der Waals surface area contributed by atoms with E-state index >= 15 is 0 Å². The van der Waals surface area contributed by atoms with Gasteiger partial charge in [-0.1, -0.05) is 21.1 Å². The summed E-state index contributed by atoms with van der Waals surface area (Å²) in [5, 5.41) is 4.01. The predicted octanol–water partition coefficient (Wildman–Crippen LogP) is 3.36. The zero-order valence-corrected chi connectivity index (χ0v) is 12.0. The summed E-state index contributed by atoms with van der Waals surface area (Å²) in [5.74, 6) is 1.76. The van der Waals surface area contributed by atoms with Crippen LogP contribution < -0.4 is 4.74 Å². The maximum absolute atomic E-state index is 5.53. The number of aromatic nitrogens is 2. The lowest BCUT2D eigenvalue weighted by molar-refractivity contribution is 0.0835. The largest absolute Gasteiger partial charge is 0.496 e. The van der Waals surface area contributed by atoms with E-state index in [1.54, 1.807) is 7.11 Å². The third-order valence-electron chi connectivity index (χ3n) is 3.05. The van der Waals surface area contributed by atoms with Gasteiger partial charge in [0.1, 0.15) is 11.9 Å². The molecule has 0 N–H and O–H groups in total. The quantitative estimate of drug-likeness (QED) is 0.866. The Bertz CT molecular complexity index is 579. The molecule has 0 amide bonds. The summed E-state index contributed by atoms with van der Waals surface area (Å²) in [5.41, 5.74) is 0.796. The Morgan fingerprint density at radius 1 is 1.42 bits per heavy atom. The van der Waals surface area contributed by atoms with Crippen molar-refractivity contribution in [2.24, 2.45) is 0 Å². The Balaban J connectivity index is 1.95. The van der Waals surface area contributed by atoms with Gasteiger partial charge in [0.15, 0.2) is 0 Å². The fraction of sp³-hybridized carbons (Fsp3) is 0.385. The van der Waals surface area contributed by atoms with Crippen molar-refractivity contribution in [3.8, 4) is 17.1 Å². The van der Waals surface area contributed by atoms with E-state index in [0.29, 0.717) is 17.5 Å². The van der Waals surface area contributed by atoms with Crippen LogP contribution in [0.5, 0.6) is 5.75 Å². The van der Waals surface area contributed by atoms with Crippen molar-refractivity contribution in [3.05, 3.63) is 28.6 Å². The maximum Gasteiger partial charge on any atom is 0.256 e. The van der Waals surface area contributed by atoms with Gasteiger partial charge >= 0.3 is 0 Å². The lowest BCUT2D eigenvalue weighted by Crippen LogP contribution is -1.96. The van der Waals surface area contributed by atoms with Crippen molar-refractivity contribution >= 4 is 15.9 Å². The number of rotatable bonds is 3. The Morgan fingerprint density at radius 2 is 2.32 bits per heavy atom. The lowest BCUT2D eigenvalue weighted by atomic mass is 10.2. The second-order valence-electron chi connectivity index (χ2n) is 4.30. The molecule has 0 unspecified atom stereocenters. The summed E-state index contributed by atoms with van der Waals surface area (Å²) in [6.07, 6.45) is 1.89. The molecule has 0 saturated carbocycles. The van der Waals surface area contributed by atoms with Gasteiger partial charge in [-0.05, 0) is 31.0 Å². The first-order valence-electron chi connectivity index (χ1n) is 6.07. The minimum Gasteiger partial charge on any atom is -0.496 e. The van der Waals surface area contributed by atoms with E-state index in [9.17, 15) is 0 Å². The molecule has 2 aromatic rings. The zero-order valence-electron chi connectivity index (χ0n) is 10.4. The molecule has 6 heteroatoms. The van der Waals surface area contributed by atoms with Gasteiger partial charge < -0.3 is 14.0 Å². The van der Waals surface area contributed by atoms with Crippen LogP contribution in [0.1, 0.15) is 24.8 Å². The number of halogens is 1. The van der Waals surface area contributed by atoms with Gasteiger partial charge in [-0.15, -0.1) is 0 Å². The number of hydrogen-bond donors (Lipinski definition) is 0. The molecule has 1 atom stereocenters. The molecule has 19 heavy (non-hydrogen) atoms. The van der Waals surface area contributed by atoms with Crippen LogP contribution in [0, 0.1) is 0 Å². The van der Waals surface area contributed by atoms with Crippen LogP contribution in [0.3, 0.4) is 0 Å². The molecule has 100 valence electrons. The van der Waals surface area contributed by atoms with Gasteiger partial charge in [0.05, 0.1) is 12.7 Å². The predicted molar refractivity (Wildman–Crippen MR) is 71.9 cm³/mol. The molecule has 1 fully saturated rings. The minimum atomic E-state index is -0.0700. The van der Waals surface area contributed by atoms with Gasteiger partial charge in [0, 0.05) is 11.1 Å². The summed E-state index contributed by atoms with van der Waals surface area (Å²) < 4.78 is 17.1. The molecule has 0 radical (unpaired) electrons. The van der Waals surface area contributed by atoms with Crippen LogP contribution in [0.15, 0.2) is 27.2 Å². The molecule has 3 rings (SSSR count). The summed E-state index contributed by atoms with van der Waals surface area (Å²) >= 11 is 3.43. The molecule has 1 aromatic carbocycles. The fourth-order valence-corrected chi connectivity index (χ4v) is 2.46. The van der Waals surface area contributed by atoms with Crippen LogP contribution in [0.2, 0.25) is 0 Å². The van der Waals surface area contributed by atoms with Crippen LogP contribution in [-0.4, -0.2) is 23.9 Å². The summed E-state index contributed by atoms with van der Waals surface area (Å²) in [7, 11) is 1.62. The smallest absolute Gasteiger partial charge is 0.256 e. The molecular weight excluding hydrogens is 312 g/mol. The SMILES string of the molecule is COc1ccc(Br)cc1-c1noc([C@@H]2CCCO2)n1. The molecule has 2 heterocycles. The van der Waals surface area contributed by atoms with Gasteiger partial charge in [0.2, 0.25) is 5.82 Å². The number of methoxy groups -OCH3 is 1. The van der Waals surface area contributed by atoms with Crippen molar-refractivity contribution in [2.45, 2.75) is 18.9 Å². The van der Waals surface area contributed by atoms with E-state index in [-0.39, 0.29) is 6.10 Å². The van der Waals surface area contributed by atoms with Gasteiger partial charge in [0.25, 0.3) is 5.89 Å². The number of ether oxygens (including phenoxy) is 2. The van der Waals surface area contributed by atoms with E-state index in [1.807, 2.05) is 18.2 Å². The van der Waals surface area contributed by atoms with E-state index in [1.165, 1.54) is 0 Å². The Hall–Kier alpha value is -1.40. The third-order valence-corrected chi connectivity index (χ3v) is 3.54. The minimum absolute atomic E-state index is 0.0700. The van der Waals surface area contributed by atoms with Crippen molar-refractivity contribution in [1.29, 1.82) is 0 Å². The molecule has 0 bridgehead atoms. The van der Waals surface area contributed by atoms with Crippen molar-refractivity contribution in [2.75, 3.05) is 13.7 Å². The van der Waals surface area contributed by atoms with Crippen molar-refractivity contribution < 1.29 is 14.0 Å². The van der Waals surface area contributed by atoms with Crippen molar-refractivity contribution in [3.63, 3.8) is 0 Å². The van der Waals surface area contributed by atoms with Gasteiger partial charge in [-0.25, -0.2) is 0 Å². The molecule has 0 spiro atoms. The average molecular weight is 325 g/mol. The lowest BCUT2D eigenvalue weighted by Gasteiger charge is -2.05. The topological polar surface area (TPSA) is 57.4 Å². The third kappa shape index (κ3) is 2.50. The van der Waals surface area contributed by atoms with Crippen LogP contribution in [-0.2, 0) is 4.74 Å². The molecule has 1 aliphatic heterocycles. The summed E-state index contributed by atoms with van der Waals surface area (Å²) in [6.45, 7) is 0.753. The molecule has 5 nitrogen and oxygen atoms in total. The summed E-state index contributed by atoms with van der Waals surface area (Å²) in [6, 6.07) is 5.67. The molecule has 1 saturated heterocycles. The van der Waals surface area contributed by atoms with E-state index in [2.05, 4.69) is 26.1 Å².